The Hall–Kier alpha value is -2.29. The number of hydrogen-bond donors (Lipinski definition) is 2. The summed E-state index contributed by atoms with van der Waals surface area (Å²) in [6, 6.07) is 11.3. The standard InChI is InChI=1S/C16H13Cl2FN6S/c17-13-6-3-11(7-14(13)18)9-26-16-24-23-15(25(16)20)22-21-8-10-1-4-12(19)5-2-10/h1-8H,9,20H2,(H,22,23)/b21-8+. The summed E-state index contributed by atoms with van der Waals surface area (Å²) in [5.74, 6) is 6.53. The third-order valence-electron chi connectivity index (χ3n) is 3.26. The summed E-state index contributed by atoms with van der Waals surface area (Å²) in [7, 11) is 0. The van der Waals surface area contributed by atoms with E-state index in [1.807, 2.05) is 6.07 Å². The van der Waals surface area contributed by atoms with Crippen LogP contribution in [0.2, 0.25) is 10.0 Å². The van der Waals surface area contributed by atoms with Crippen LogP contribution >= 0.6 is 35.0 Å². The smallest absolute Gasteiger partial charge is 0.264 e. The van der Waals surface area contributed by atoms with Gasteiger partial charge in [0.05, 0.1) is 16.3 Å². The van der Waals surface area contributed by atoms with Gasteiger partial charge in [0.1, 0.15) is 5.82 Å². The van der Waals surface area contributed by atoms with Gasteiger partial charge >= 0.3 is 0 Å². The van der Waals surface area contributed by atoms with Crippen molar-refractivity contribution < 1.29 is 4.39 Å². The molecule has 6 nitrogen and oxygen atoms in total. The van der Waals surface area contributed by atoms with E-state index in [9.17, 15) is 4.39 Å². The Kier molecular flexibility index (Phi) is 5.97. The topological polar surface area (TPSA) is 81.1 Å². The highest BCUT2D eigenvalue weighted by Gasteiger charge is 2.10. The Balaban J connectivity index is 1.60. The van der Waals surface area contributed by atoms with Crippen molar-refractivity contribution in [3.8, 4) is 0 Å². The van der Waals surface area contributed by atoms with E-state index in [-0.39, 0.29) is 11.8 Å². The summed E-state index contributed by atoms with van der Waals surface area (Å²) >= 11 is 13.3. The first-order valence-electron chi connectivity index (χ1n) is 7.35. The second-order valence-electron chi connectivity index (χ2n) is 5.13. The van der Waals surface area contributed by atoms with E-state index < -0.39 is 0 Å². The number of hydrazone groups is 1. The maximum atomic E-state index is 12.9. The minimum absolute atomic E-state index is 0.278. The highest BCUT2D eigenvalue weighted by Crippen LogP contribution is 2.27. The van der Waals surface area contributed by atoms with Crippen molar-refractivity contribution in [3.63, 3.8) is 0 Å². The third kappa shape index (κ3) is 4.66. The fourth-order valence-corrected chi connectivity index (χ4v) is 3.06. The molecule has 134 valence electrons. The molecular weight excluding hydrogens is 398 g/mol. The number of nitrogen functional groups attached to an aromatic ring is 1. The van der Waals surface area contributed by atoms with E-state index >= 15 is 0 Å². The Morgan fingerprint density at radius 3 is 2.65 bits per heavy atom. The van der Waals surface area contributed by atoms with Crippen LogP contribution in [0.4, 0.5) is 10.3 Å². The second kappa shape index (κ2) is 8.39. The normalized spacial score (nSPS) is 11.2. The van der Waals surface area contributed by atoms with E-state index in [0.29, 0.717) is 21.0 Å². The molecule has 0 bridgehead atoms. The van der Waals surface area contributed by atoms with Crippen LogP contribution in [0.1, 0.15) is 11.1 Å². The van der Waals surface area contributed by atoms with Crippen molar-refractivity contribution in [3.05, 3.63) is 69.5 Å². The monoisotopic (exact) mass is 410 g/mol. The third-order valence-corrected chi connectivity index (χ3v) is 5.02. The highest BCUT2D eigenvalue weighted by molar-refractivity contribution is 7.98. The van der Waals surface area contributed by atoms with Gasteiger partial charge in [-0.2, -0.15) is 5.10 Å². The van der Waals surface area contributed by atoms with Crippen molar-refractivity contribution in [2.75, 3.05) is 11.3 Å². The zero-order chi connectivity index (χ0) is 18.5. The molecule has 26 heavy (non-hydrogen) atoms. The lowest BCUT2D eigenvalue weighted by molar-refractivity contribution is 0.628. The first kappa shape index (κ1) is 18.5. The van der Waals surface area contributed by atoms with Gasteiger partial charge in [-0.25, -0.2) is 14.5 Å². The summed E-state index contributed by atoms with van der Waals surface area (Å²) in [5.41, 5.74) is 4.41. The quantitative estimate of drug-likeness (QED) is 0.275. The molecule has 0 unspecified atom stereocenters. The van der Waals surface area contributed by atoms with Gasteiger partial charge in [0, 0.05) is 5.75 Å². The maximum Gasteiger partial charge on any atom is 0.264 e. The number of aromatic nitrogens is 3. The molecule has 3 aromatic rings. The molecule has 3 N–H and O–H groups in total. The van der Waals surface area contributed by atoms with Crippen LogP contribution in [0, 0.1) is 5.82 Å². The molecule has 0 aliphatic carbocycles. The van der Waals surface area contributed by atoms with Gasteiger partial charge in [-0.3, -0.25) is 0 Å². The fraction of sp³-hybridized carbons (Fsp3) is 0.0625. The first-order chi connectivity index (χ1) is 12.5. The Bertz CT molecular complexity index is 929. The molecule has 1 aromatic heterocycles. The predicted molar refractivity (Wildman–Crippen MR) is 104 cm³/mol. The van der Waals surface area contributed by atoms with E-state index in [1.165, 1.54) is 34.8 Å². The van der Waals surface area contributed by atoms with Crippen LogP contribution in [0.3, 0.4) is 0 Å². The zero-order valence-electron chi connectivity index (χ0n) is 13.2. The molecule has 0 radical (unpaired) electrons. The molecule has 0 amide bonds. The molecule has 2 aromatic carbocycles. The summed E-state index contributed by atoms with van der Waals surface area (Å²) in [5, 5.41) is 13.5. The number of hydrogen-bond acceptors (Lipinski definition) is 6. The Morgan fingerprint density at radius 1 is 1.15 bits per heavy atom. The van der Waals surface area contributed by atoms with Gasteiger partial charge in [-0.15, -0.1) is 10.2 Å². The number of anilines is 1. The number of halogens is 3. The number of nitrogens with two attached hydrogens (primary N) is 1. The molecule has 0 spiro atoms. The van der Waals surface area contributed by atoms with Crippen molar-refractivity contribution >= 4 is 47.1 Å². The molecule has 0 aliphatic heterocycles. The van der Waals surface area contributed by atoms with Crippen molar-refractivity contribution in [2.45, 2.75) is 10.9 Å². The maximum absolute atomic E-state index is 12.9. The van der Waals surface area contributed by atoms with Crippen molar-refractivity contribution in [1.29, 1.82) is 0 Å². The predicted octanol–water partition coefficient (Wildman–Crippen LogP) is 4.18. The molecule has 0 aliphatic rings. The van der Waals surface area contributed by atoms with Crippen molar-refractivity contribution in [2.24, 2.45) is 5.10 Å². The molecule has 0 saturated heterocycles. The van der Waals surface area contributed by atoms with Crippen LogP contribution in [0.25, 0.3) is 0 Å². The van der Waals surface area contributed by atoms with Crippen molar-refractivity contribution in [1.82, 2.24) is 14.9 Å². The largest absolute Gasteiger partial charge is 0.334 e. The number of thioether (sulfide) groups is 1. The van der Waals surface area contributed by atoms with Crippen LogP contribution < -0.4 is 11.3 Å². The minimum atomic E-state index is -0.305. The fourth-order valence-electron chi connectivity index (χ4n) is 1.94. The number of rotatable bonds is 6. The Labute approximate surface area is 163 Å². The number of nitrogens with one attached hydrogen (secondary N) is 1. The average molecular weight is 411 g/mol. The summed E-state index contributed by atoms with van der Waals surface area (Å²) < 4.78 is 14.1. The summed E-state index contributed by atoms with van der Waals surface area (Å²) in [4.78, 5) is 0. The Morgan fingerprint density at radius 2 is 1.92 bits per heavy atom. The zero-order valence-corrected chi connectivity index (χ0v) is 15.6. The molecule has 10 heteroatoms. The minimum Gasteiger partial charge on any atom is -0.334 e. The summed E-state index contributed by atoms with van der Waals surface area (Å²) in [6.45, 7) is 0. The molecular formula is C16H13Cl2FN6S. The lowest BCUT2D eigenvalue weighted by Gasteiger charge is -2.04. The lowest BCUT2D eigenvalue weighted by Crippen LogP contribution is -2.13. The van der Waals surface area contributed by atoms with E-state index in [2.05, 4.69) is 20.7 Å². The van der Waals surface area contributed by atoms with Crippen LogP contribution in [0.5, 0.6) is 0 Å². The second-order valence-corrected chi connectivity index (χ2v) is 6.89. The van der Waals surface area contributed by atoms with Gasteiger partial charge in [-0.1, -0.05) is 53.2 Å². The van der Waals surface area contributed by atoms with E-state index in [4.69, 9.17) is 29.0 Å². The summed E-state index contributed by atoms with van der Waals surface area (Å²) in [6.07, 6.45) is 1.52. The molecule has 3 rings (SSSR count). The van der Waals surface area contributed by atoms with Gasteiger partial charge in [0.2, 0.25) is 5.16 Å². The van der Waals surface area contributed by atoms with E-state index in [0.717, 1.165) is 11.1 Å². The van der Waals surface area contributed by atoms with Gasteiger partial charge in [0.15, 0.2) is 0 Å². The molecule has 0 saturated carbocycles. The van der Waals surface area contributed by atoms with Crippen LogP contribution in [0.15, 0.2) is 52.7 Å². The van der Waals surface area contributed by atoms with Crippen LogP contribution in [-0.4, -0.2) is 21.1 Å². The number of benzene rings is 2. The van der Waals surface area contributed by atoms with Gasteiger partial charge < -0.3 is 5.84 Å². The van der Waals surface area contributed by atoms with Gasteiger partial charge in [0.25, 0.3) is 5.95 Å². The molecule has 0 atom stereocenters. The lowest BCUT2D eigenvalue weighted by atomic mass is 10.2. The average Bonchev–Trinajstić information content (AvgIpc) is 2.98. The first-order valence-corrected chi connectivity index (χ1v) is 9.09. The van der Waals surface area contributed by atoms with Gasteiger partial charge in [-0.05, 0) is 35.4 Å². The molecule has 1 heterocycles. The molecule has 0 fully saturated rings. The van der Waals surface area contributed by atoms with Crippen LogP contribution in [-0.2, 0) is 5.75 Å². The van der Waals surface area contributed by atoms with E-state index in [1.54, 1.807) is 24.3 Å². The SMILES string of the molecule is Nn1c(N/N=C/c2ccc(F)cc2)nnc1SCc1ccc(Cl)c(Cl)c1. The highest BCUT2D eigenvalue weighted by atomic mass is 35.5. The number of nitrogens with zero attached hydrogens (tertiary/aromatic N) is 4.